The molecule has 6 rings (SSSR count). The van der Waals surface area contributed by atoms with Crippen molar-refractivity contribution in [1.29, 1.82) is 0 Å². The molecule has 0 spiro atoms. The summed E-state index contributed by atoms with van der Waals surface area (Å²) < 4.78 is 22.0. The van der Waals surface area contributed by atoms with Crippen LogP contribution in [0.4, 0.5) is 10.1 Å². The van der Waals surface area contributed by atoms with Gasteiger partial charge in [-0.3, -0.25) is 14.4 Å². The van der Waals surface area contributed by atoms with Crippen molar-refractivity contribution in [2.75, 3.05) is 25.4 Å². The predicted molar refractivity (Wildman–Crippen MR) is 165 cm³/mol. The molecule has 0 bridgehead atoms. The number of para-hydroxylation sites is 1. The first-order valence-corrected chi connectivity index (χ1v) is 15.0. The van der Waals surface area contributed by atoms with Gasteiger partial charge in [0.05, 0.1) is 15.6 Å². The van der Waals surface area contributed by atoms with E-state index < -0.39 is 41.6 Å². The zero-order chi connectivity index (χ0) is 31.3. The molecule has 2 amide bonds. The number of anilines is 1. The predicted octanol–water partition coefficient (Wildman–Crippen LogP) is 3.22. The number of nitrogens with one attached hydrogen (secondary N) is 1. The van der Waals surface area contributed by atoms with Crippen molar-refractivity contribution in [2.45, 2.75) is 37.4 Å². The van der Waals surface area contributed by atoms with Crippen LogP contribution in [0.25, 0.3) is 10.1 Å². The van der Waals surface area contributed by atoms with Gasteiger partial charge in [0.25, 0.3) is 5.91 Å². The van der Waals surface area contributed by atoms with Crippen molar-refractivity contribution in [1.82, 2.24) is 10.2 Å². The lowest BCUT2D eigenvalue weighted by atomic mass is 9.69. The third-order valence-corrected chi connectivity index (χ3v) is 9.76. The minimum atomic E-state index is -1.84. The second-order valence-electron chi connectivity index (χ2n) is 11.2. The van der Waals surface area contributed by atoms with Gasteiger partial charge in [-0.25, -0.2) is 4.39 Å². The van der Waals surface area contributed by atoms with Crippen molar-refractivity contribution in [3.05, 3.63) is 87.5 Å². The number of amides is 2. The van der Waals surface area contributed by atoms with E-state index in [-0.39, 0.29) is 34.3 Å². The number of nitrogens with two attached hydrogens (primary N) is 3. The standard InChI is InChI=1S/C32H32FN5O5S/c1-16-19(10-12-22(26(16)33)43-18-7-3-2-4-8-18)32(36)20-9-11-21(34)28-24(20)25(27(35)30(32)41)29(44-28)31(42)37-17-6-5-13-38(14-17)23(40)15-39/h2-4,7-12,17,27,39H,5-6,13-15,34-36H2,1H3,(H,37,42). The summed E-state index contributed by atoms with van der Waals surface area (Å²) in [6.45, 7) is 1.68. The van der Waals surface area contributed by atoms with Crippen LogP contribution in [0.3, 0.4) is 0 Å². The topological polar surface area (TPSA) is 174 Å². The molecule has 10 nitrogen and oxygen atoms in total. The average molecular weight is 618 g/mol. The quantitative estimate of drug-likeness (QED) is 0.205. The Labute approximate surface area is 256 Å². The minimum absolute atomic E-state index is 0.0202. The molecule has 2 heterocycles. The number of ketones is 1. The summed E-state index contributed by atoms with van der Waals surface area (Å²) in [7, 11) is 0. The lowest BCUT2D eigenvalue weighted by molar-refractivity contribution is -0.135. The third kappa shape index (κ3) is 4.70. The fourth-order valence-corrected chi connectivity index (χ4v) is 7.48. The smallest absolute Gasteiger partial charge is 0.262 e. The molecular weight excluding hydrogens is 585 g/mol. The van der Waals surface area contributed by atoms with E-state index in [1.807, 2.05) is 6.07 Å². The van der Waals surface area contributed by atoms with Crippen molar-refractivity contribution >= 4 is 44.7 Å². The number of nitrogens with zero attached hydrogens (tertiary/aromatic N) is 1. The number of carbonyl (C=O) groups excluding carboxylic acids is 3. The fourth-order valence-electron chi connectivity index (χ4n) is 6.28. The number of likely N-dealkylation sites (tertiary alicyclic amines) is 1. The van der Waals surface area contributed by atoms with E-state index in [2.05, 4.69) is 5.32 Å². The molecule has 12 heteroatoms. The minimum Gasteiger partial charge on any atom is -0.454 e. The number of aliphatic hydroxyl groups excluding tert-OH is 1. The molecule has 2 aliphatic rings. The highest BCUT2D eigenvalue weighted by Crippen LogP contribution is 2.50. The summed E-state index contributed by atoms with van der Waals surface area (Å²) in [5.74, 6) is -1.69. The summed E-state index contributed by atoms with van der Waals surface area (Å²) in [4.78, 5) is 41.6. The number of piperidine rings is 1. The number of rotatable bonds is 6. The first-order valence-electron chi connectivity index (χ1n) is 14.2. The number of hydrogen-bond donors (Lipinski definition) is 5. The number of ether oxygens (including phenoxy) is 1. The highest BCUT2D eigenvalue weighted by molar-refractivity contribution is 7.21. The average Bonchev–Trinajstić information content (AvgIpc) is 3.44. The number of thiophene rings is 1. The van der Waals surface area contributed by atoms with Gasteiger partial charge in [-0.1, -0.05) is 30.3 Å². The maximum Gasteiger partial charge on any atom is 0.262 e. The Morgan fingerprint density at radius 2 is 1.89 bits per heavy atom. The first-order chi connectivity index (χ1) is 21.1. The maximum atomic E-state index is 15.7. The number of carbonyl (C=O) groups is 3. The zero-order valence-corrected chi connectivity index (χ0v) is 24.7. The van der Waals surface area contributed by atoms with E-state index in [1.165, 1.54) is 17.9 Å². The van der Waals surface area contributed by atoms with Crippen molar-refractivity contribution in [2.24, 2.45) is 11.5 Å². The monoisotopic (exact) mass is 617 g/mol. The van der Waals surface area contributed by atoms with E-state index in [9.17, 15) is 19.5 Å². The Kier molecular flexibility index (Phi) is 7.62. The molecule has 3 aromatic carbocycles. The van der Waals surface area contributed by atoms with Crippen LogP contribution < -0.4 is 27.3 Å². The van der Waals surface area contributed by atoms with Crippen LogP contribution in [0.1, 0.15) is 50.8 Å². The van der Waals surface area contributed by atoms with Crippen LogP contribution >= 0.6 is 11.3 Å². The fraction of sp³-hybridized carbons (Fsp3) is 0.281. The second kappa shape index (κ2) is 11.3. The van der Waals surface area contributed by atoms with Gasteiger partial charge in [0, 0.05) is 35.8 Å². The third-order valence-electron chi connectivity index (χ3n) is 8.51. The van der Waals surface area contributed by atoms with Gasteiger partial charge in [-0.2, -0.15) is 0 Å². The number of nitrogen functional groups attached to an aromatic ring is 1. The second-order valence-corrected chi connectivity index (χ2v) is 12.2. The van der Waals surface area contributed by atoms with Crippen LogP contribution in [-0.2, 0) is 15.1 Å². The van der Waals surface area contributed by atoms with Crippen molar-refractivity contribution in [3.63, 3.8) is 0 Å². The Bertz CT molecular complexity index is 1810. The Hall–Kier alpha value is -4.36. The van der Waals surface area contributed by atoms with Crippen LogP contribution in [0.5, 0.6) is 11.5 Å². The van der Waals surface area contributed by atoms with Gasteiger partial charge >= 0.3 is 0 Å². The number of benzene rings is 3. The van der Waals surface area contributed by atoms with E-state index in [0.29, 0.717) is 52.0 Å². The molecule has 3 atom stereocenters. The van der Waals surface area contributed by atoms with Gasteiger partial charge in [0.1, 0.15) is 17.9 Å². The van der Waals surface area contributed by atoms with Crippen LogP contribution in [0.2, 0.25) is 0 Å². The molecule has 1 aromatic heterocycles. The lowest BCUT2D eigenvalue weighted by Gasteiger charge is -2.37. The van der Waals surface area contributed by atoms with Crippen LogP contribution in [0, 0.1) is 12.7 Å². The molecule has 44 heavy (non-hydrogen) atoms. The summed E-state index contributed by atoms with van der Waals surface area (Å²) in [5, 5.41) is 12.7. The van der Waals surface area contributed by atoms with Gasteiger partial charge in [0.2, 0.25) is 5.91 Å². The van der Waals surface area contributed by atoms with Crippen molar-refractivity contribution in [3.8, 4) is 11.5 Å². The Balaban J connectivity index is 1.41. The lowest BCUT2D eigenvalue weighted by Crippen LogP contribution is -2.53. The van der Waals surface area contributed by atoms with E-state index >= 15 is 4.39 Å². The number of hydrogen-bond acceptors (Lipinski definition) is 9. The van der Waals surface area contributed by atoms with E-state index in [0.717, 1.165) is 11.3 Å². The zero-order valence-electron chi connectivity index (χ0n) is 23.9. The molecule has 228 valence electrons. The molecule has 3 unspecified atom stereocenters. The van der Waals surface area contributed by atoms with E-state index in [4.69, 9.17) is 21.9 Å². The molecule has 0 saturated carbocycles. The molecule has 1 aliphatic heterocycles. The van der Waals surface area contributed by atoms with Gasteiger partial charge in [-0.15, -0.1) is 11.3 Å². The molecule has 0 radical (unpaired) electrons. The highest BCUT2D eigenvalue weighted by atomic mass is 32.1. The molecule has 1 saturated heterocycles. The highest BCUT2D eigenvalue weighted by Gasteiger charge is 2.50. The number of Topliss-reactive ketones (excluding diaryl/α,β-unsaturated/α-hetero) is 1. The van der Waals surface area contributed by atoms with E-state index in [1.54, 1.807) is 42.5 Å². The largest absolute Gasteiger partial charge is 0.454 e. The summed E-state index contributed by atoms with van der Waals surface area (Å²) >= 11 is 1.11. The van der Waals surface area contributed by atoms with Crippen LogP contribution in [-0.4, -0.2) is 53.3 Å². The van der Waals surface area contributed by atoms with Crippen LogP contribution in [0.15, 0.2) is 54.6 Å². The molecule has 8 N–H and O–H groups in total. The van der Waals surface area contributed by atoms with Crippen molar-refractivity contribution < 1.29 is 28.6 Å². The number of aliphatic hydroxyl groups is 1. The summed E-state index contributed by atoms with van der Waals surface area (Å²) in [6, 6.07) is 13.4. The first kappa shape index (κ1) is 29.7. The van der Waals surface area contributed by atoms with Gasteiger partial charge < -0.3 is 37.3 Å². The molecule has 1 fully saturated rings. The Morgan fingerprint density at radius 1 is 1.16 bits per heavy atom. The molecule has 4 aromatic rings. The summed E-state index contributed by atoms with van der Waals surface area (Å²) in [6.07, 6.45) is 1.30. The normalized spacial score (nSPS) is 21.4. The maximum absolute atomic E-state index is 15.7. The van der Waals surface area contributed by atoms with Gasteiger partial charge in [-0.05, 0) is 60.7 Å². The molecule has 1 aliphatic carbocycles. The molecular formula is C32H32FN5O5S. The number of halogens is 1. The van der Waals surface area contributed by atoms with Gasteiger partial charge in [0.15, 0.2) is 17.3 Å². The SMILES string of the molecule is Cc1c(C2(N)C(=O)C(N)c3c(C(=O)NC4CCCN(C(=O)CO)C4)sc4c(N)ccc2c34)ccc(Oc2ccccc2)c1F. The summed E-state index contributed by atoms with van der Waals surface area (Å²) in [5.41, 5.74) is 19.5. The Morgan fingerprint density at radius 3 is 2.61 bits per heavy atom.